The fourth-order valence-corrected chi connectivity index (χ4v) is 4.51. The minimum atomic E-state index is -0.753. The van der Waals surface area contributed by atoms with Crippen LogP contribution in [0.4, 0.5) is 25.0 Å². The van der Waals surface area contributed by atoms with Crippen molar-refractivity contribution in [3.05, 3.63) is 47.7 Å². The van der Waals surface area contributed by atoms with E-state index in [2.05, 4.69) is 10.3 Å². The van der Waals surface area contributed by atoms with Gasteiger partial charge in [-0.2, -0.15) is 9.65 Å². The maximum Gasteiger partial charge on any atom is 0.410 e. The van der Waals surface area contributed by atoms with Crippen LogP contribution in [0, 0.1) is 34.8 Å². The molecule has 1 amide bonds. The largest absolute Gasteiger partial charge is 0.471 e. The molecule has 3 heterocycles. The van der Waals surface area contributed by atoms with Gasteiger partial charge in [-0.05, 0) is 43.5 Å². The first-order valence-corrected chi connectivity index (χ1v) is 11.3. The zero-order chi connectivity index (χ0) is 23.7. The van der Waals surface area contributed by atoms with Crippen LogP contribution >= 0.6 is 0 Å². The lowest BCUT2D eigenvalue weighted by Crippen LogP contribution is -2.59. The zero-order valence-corrected chi connectivity index (χ0v) is 18.4. The van der Waals surface area contributed by atoms with Gasteiger partial charge in [0, 0.05) is 31.1 Å². The van der Waals surface area contributed by atoms with E-state index in [4.69, 9.17) is 19.5 Å². The van der Waals surface area contributed by atoms with Crippen LogP contribution in [0.25, 0.3) is 0 Å². The van der Waals surface area contributed by atoms with Crippen LogP contribution in [0.1, 0.15) is 24.8 Å². The molecule has 0 spiro atoms. The number of carbonyl (C=O) groups excluding carboxylic acids is 1. The third-order valence-electron chi connectivity index (χ3n) is 6.55. The summed E-state index contributed by atoms with van der Waals surface area (Å²) in [6, 6.07) is 7.11. The van der Waals surface area contributed by atoms with Gasteiger partial charge in [0.05, 0.1) is 36.2 Å². The van der Waals surface area contributed by atoms with Crippen LogP contribution in [0.15, 0.2) is 30.5 Å². The van der Waals surface area contributed by atoms with Crippen molar-refractivity contribution in [1.82, 2.24) is 9.88 Å². The molecule has 2 saturated heterocycles. The van der Waals surface area contributed by atoms with Gasteiger partial charge in [-0.3, -0.25) is 0 Å². The molecule has 178 valence electrons. The molecule has 1 aliphatic carbocycles. The Labute approximate surface area is 195 Å². The first-order valence-electron chi connectivity index (χ1n) is 11.3. The minimum Gasteiger partial charge on any atom is -0.471 e. The molecule has 5 rings (SSSR count). The summed E-state index contributed by atoms with van der Waals surface area (Å²) in [5.41, 5.74) is 0.189. The van der Waals surface area contributed by atoms with Crippen molar-refractivity contribution in [1.29, 1.82) is 5.26 Å². The van der Waals surface area contributed by atoms with E-state index >= 15 is 4.39 Å². The summed E-state index contributed by atoms with van der Waals surface area (Å²) in [6.07, 6.45) is 3.57. The highest BCUT2D eigenvalue weighted by atomic mass is 19.1. The number of amides is 1. The number of carbonyl (C=O) groups is 1. The van der Waals surface area contributed by atoms with Gasteiger partial charge in [-0.25, -0.2) is 14.2 Å². The van der Waals surface area contributed by atoms with Gasteiger partial charge in [0.25, 0.3) is 5.88 Å². The average Bonchev–Trinajstić information content (AvgIpc) is 2.79. The van der Waals surface area contributed by atoms with Crippen molar-refractivity contribution in [3.8, 4) is 11.9 Å². The zero-order valence-electron chi connectivity index (χ0n) is 18.4. The lowest BCUT2D eigenvalue weighted by Gasteiger charge is -2.46. The number of hydrogen-bond donors (Lipinski definition) is 1. The number of nitrogens with one attached hydrogen (secondary N) is 1. The molecule has 0 radical (unpaired) electrons. The van der Waals surface area contributed by atoms with E-state index in [1.54, 1.807) is 4.90 Å². The summed E-state index contributed by atoms with van der Waals surface area (Å²) in [5.74, 6) is -1.94. The number of fused-ring (bicyclic) bond motifs is 2. The van der Waals surface area contributed by atoms with E-state index in [0.29, 0.717) is 26.3 Å². The van der Waals surface area contributed by atoms with Crippen LogP contribution < -0.4 is 10.1 Å². The molecular weight excluding hydrogens is 446 g/mol. The summed E-state index contributed by atoms with van der Waals surface area (Å²) >= 11 is 0. The Bertz CT molecular complexity index is 1110. The van der Waals surface area contributed by atoms with Crippen LogP contribution in [-0.4, -0.2) is 54.5 Å². The monoisotopic (exact) mass is 470 g/mol. The number of aromatic nitrogens is 1. The number of ether oxygens (including phenoxy) is 3. The maximum absolute atomic E-state index is 15.2. The average molecular weight is 470 g/mol. The number of benzene rings is 1. The van der Waals surface area contributed by atoms with Crippen molar-refractivity contribution in [2.75, 3.05) is 31.6 Å². The second-order valence-corrected chi connectivity index (χ2v) is 8.89. The Balaban J connectivity index is 1.29. The number of hydrogen-bond acceptors (Lipinski definition) is 7. The summed E-state index contributed by atoms with van der Waals surface area (Å²) in [4.78, 5) is 18.3. The number of likely N-dealkylation sites (tertiary alicyclic amines) is 1. The van der Waals surface area contributed by atoms with E-state index in [1.165, 1.54) is 24.4 Å². The third-order valence-corrected chi connectivity index (χ3v) is 6.55. The molecule has 2 bridgehead atoms. The van der Waals surface area contributed by atoms with Gasteiger partial charge in [-0.1, -0.05) is 0 Å². The smallest absolute Gasteiger partial charge is 0.410 e. The molecular formula is C24H24F2N4O4. The molecule has 3 fully saturated rings. The van der Waals surface area contributed by atoms with E-state index in [0.717, 1.165) is 25.3 Å². The van der Waals surface area contributed by atoms with Crippen molar-refractivity contribution >= 4 is 17.5 Å². The summed E-state index contributed by atoms with van der Waals surface area (Å²) in [7, 11) is 0. The molecule has 8 nitrogen and oxygen atoms in total. The fraction of sp³-hybridized carbons (Fsp3) is 0.458. The highest BCUT2D eigenvalue weighted by molar-refractivity contribution is 5.68. The van der Waals surface area contributed by atoms with Crippen molar-refractivity contribution < 1.29 is 27.8 Å². The SMILES string of the molecule is N#Cc1ccc(Nc2ccnc(OC3C4COCC3CN(C(=O)OC3CCC3)C4)c2F)c(F)c1. The van der Waals surface area contributed by atoms with Gasteiger partial charge in [0.2, 0.25) is 5.82 Å². The normalized spacial score (nSPS) is 24.0. The number of halogens is 2. The lowest BCUT2D eigenvalue weighted by molar-refractivity contribution is -0.113. The predicted molar refractivity (Wildman–Crippen MR) is 117 cm³/mol. The van der Waals surface area contributed by atoms with Gasteiger partial charge in [0.1, 0.15) is 18.0 Å². The van der Waals surface area contributed by atoms with Gasteiger partial charge in [0.15, 0.2) is 0 Å². The summed E-state index contributed by atoms with van der Waals surface area (Å²) in [6.45, 7) is 1.54. The van der Waals surface area contributed by atoms with Crippen LogP contribution in [0.2, 0.25) is 0 Å². The van der Waals surface area contributed by atoms with E-state index < -0.39 is 11.6 Å². The third kappa shape index (κ3) is 4.48. The molecule has 2 unspecified atom stereocenters. The summed E-state index contributed by atoms with van der Waals surface area (Å²) in [5, 5.41) is 11.6. The van der Waals surface area contributed by atoms with E-state index in [1.807, 2.05) is 6.07 Å². The fourth-order valence-electron chi connectivity index (χ4n) is 4.51. The molecule has 10 heteroatoms. The maximum atomic E-state index is 15.2. The highest BCUT2D eigenvalue weighted by Crippen LogP contribution is 2.34. The Morgan fingerprint density at radius 1 is 1.18 bits per heavy atom. The van der Waals surface area contributed by atoms with Gasteiger partial charge < -0.3 is 24.4 Å². The number of piperidine rings is 1. The van der Waals surface area contributed by atoms with Crippen molar-refractivity contribution in [2.45, 2.75) is 31.5 Å². The van der Waals surface area contributed by atoms with Gasteiger partial charge in [-0.15, -0.1) is 0 Å². The Morgan fingerprint density at radius 3 is 2.59 bits per heavy atom. The lowest BCUT2D eigenvalue weighted by atomic mass is 9.84. The van der Waals surface area contributed by atoms with E-state index in [-0.39, 0.29) is 53.0 Å². The number of nitrogens with zero attached hydrogens (tertiary/aromatic N) is 3. The van der Waals surface area contributed by atoms with Crippen molar-refractivity contribution in [2.24, 2.45) is 11.8 Å². The second-order valence-electron chi connectivity index (χ2n) is 8.89. The van der Waals surface area contributed by atoms with Crippen LogP contribution in [0.3, 0.4) is 0 Å². The van der Waals surface area contributed by atoms with Crippen LogP contribution in [-0.2, 0) is 9.47 Å². The Hall–Kier alpha value is -3.45. The topological polar surface area (TPSA) is 96.7 Å². The predicted octanol–water partition coefficient (Wildman–Crippen LogP) is 3.99. The summed E-state index contributed by atoms with van der Waals surface area (Å²) < 4.78 is 46.7. The Kier molecular flexibility index (Phi) is 6.20. The first-order chi connectivity index (χ1) is 16.5. The van der Waals surface area contributed by atoms with Crippen LogP contribution in [0.5, 0.6) is 5.88 Å². The highest BCUT2D eigenvalue weighted by Gasteiger charge is 2.44. The van der Waals surface area contributed by atoms with Crippen molar-refractivity contribution in [3.63, 3.8) is 0 Å². The number of nitriles is 1. The molecule has 3 aliphatic rings. The van der Waals surface area contributed by atoms with E-state index in [9.17, 15) is 9.18 Å². The first kappa shape index (κ1) is 22.3. The molecule has 1 aromatic heterocycles. The molecule has 1 saturated carbocycles. The molecule has 1 aromatic carbocycles. The number of rotatable bonds is 5. The molecule has 2 atom stereocenters. The second kappa shape index (κ2) is 9.43. The quantitative estimate of drug-likeness (QED) is 0.706. The Morgan fingerprint density at radius 2 is 1.94 bits per heavy atom. The minimum absolute atomic E-state index is 0.00321. The number of pyridine rings is 1. The molecule has 34 heavy (non-hydrogen) atoms. The molecule has 1 N–H and O–H groups in total. The molecule has 2 aromatic rings. The number of anilines is 2. The van der Waals surface area contributed by atoms with Gasteiger partial charge >= 0.3 is 6.09 Å². The standard InChI is InChI=1S/C24H24F2N4O4/c25-18-8-14(9-27)4-5-19(18)29-20-6-7-28-23(21(20)26)34-22-15-10-30(11-16(22)13-32-12-15)24(31)33-17-2-1-3-17/h4-8,15-17,22H,1-3,10-13H2,(H,28,29). The molecule has 2 aliphatic heterocycles.